The molecule has 4 rings (SSSR count). The van der Waals surface area contributed by atoms with E-state index in [0.29, 0.717) is 5.96 Å². The Hall–Kier alpha value is -2.95. The van der Waals surface area contributed by atoms with Crippen molar-refractivity contribution < 1.29 is 0 Å². The highest BCUT2D eigenvalue weighted by Crippen LogP contribution is 2.19. The molecule has 22 heavy (non-hydrogen) atoms. The molecule has 0 radical (unpaired) electrons. The SMILES string of the molecule is C(=N\C1=NCCN1)/c1ccc(-c2cn3ccccc3n2)cc1. The number of fused-ring (bicyclic) bond motifs is 1. The van der Waals surface area contributed by atoms with E-state index in [2.05, 4.69) is 32.4 Å². The minimum atomic E-state index is 0.712. The molecule has 2 aromatic heterocycles. The number of aliphatic imine (C=N–C) groups is 2. The Morgan fingerprint density at radius 1 is 1.14 bits per heavy atom. The number of hydrogen-bond acceptors (Lipinski definition) is 4. The van der Waals surface area contributed by atoms with Crippen LogP contribution in [0, 0.1) is 0 Å². The van der Waals surface area contributed by atoms with Gasteiger partial charge >= 0.3 is 0 Å². The van der Waals surface area contributed by atoms with Gasteiger partial charge in [-0.2, -0.15) is 0 Å². The first kappa shape index (κ1) is 12.8. The minimum absolute atomic E-state index is 0.712. The van der Waals surface area contributed by atoms with Crippen LogP contribution < -0.4 is 5.32 Å². The average molecular weight is 289 g/mol. The summed E-state index contributed by atoms with van der Waals surface area (Å²) < 4.78 is 2.02. The van der Waals surface area contributed by atoms with E-state index in [1.54, 1.807) is 0 Å². The van der Waals surface area contributed by atoms with Crippen molar-refractivity contribution in [3.8, 4) is 11.3 Å². The van der Waals surface area contributed by atoms with Crippen molar-refractivity contribution in [2.75, 3.05) is 13.1 Å². The number of guanidine groups is 1. The van der Waals surface area contributed by atoms with E-state index < -0.39 is 0 Å². The first-order valence-electron chi connectivity index (χ1n) is 7.25. The van der Waals surface area contributed by atoms with E-state index in [1.165, 1.54) is 0 Å². The number of hydrogen-bond donors (Lipinski definition) is 1. The number of nitrogens with zero attached hydrogens (tertiary/aromatic N) is 4. The van der Waals surface area contributed by atoms with Crippen LogP contribution in [0.3, 0.4) is 0 Å². The maximum atomic E-state index is 4.62. The Kier molecular flexibility index (Phi) is 3.16. The normalized spacial score (nSPS) is 14.5. The quantitative estimate of drug-likeness (QED) is 0.736. The van der Waals surface area contributed by atoms with Gasteiger partial charge in [-0.3, -0.25) is 0 Å². The molecule has 0 spiro atoms. The third-order valence-corrected chi connectivity index (χ3v) is 3.56. The summed E-state index contributed by atoms with van der Waals surface area (Å²) in [5.74, 6) is 0.712. The highest BCUT2D eigenvalue weighted by molar-refractivity contribution is 5.94. The zero-order chi connectivity index (χ0) is 14.8. The van der Waals surface area contributed by atoms with Crippen molar-refractivity contribution in [3.05, 3.63) is 60.4 Å². The van der Waals surface area contributed by atoms with Gasteiger partial charge in [0.1, 0.15) is 5.65 Å². The Morgan fingerprint density at radius 3 is 2.82 bits per heavy atom. The highest BCUT2D eigenvalue weighted by Gasteiger charge is 2.04. The summed E-state index contributed by atoms with van der Waals surface area (Å²) in [5.41, 5.74) is 4.06. The van der Waals surface area contributed by atoms with Crippen LogP contribution in [0.4, 0.5) is 0 Å². The van der Waals surface area contributed by atoms with Crippen LogP contribution in [0.25, 0.3) is 16.9 Å². The van der Waals surface area contributed by atoms with Crippen molar-refractivity contribution in [2.45, 2.75) is 0 Å². The van der Waals surface area contributed by atoms with Gasteiger partial charge in [-0.05, 0) is 17.7 Å². The summed E-state index contributed by atoms with van der Waals surface area (Å²) in [6.07, 6.45) is 5.86. The summed E-state index contributed by atoms with van der Waals surface area (Å²) >= 11 is 0. The standard InChI is InChI=1S/C17H15N5/c1-2-10-22-12-15(21-16(22)3-1)14-6-4-13(5-7-14)11-20-17-18-8-9-19-17/h1-7,10-12H,8-9H2,(H,18,19)/b20-11+. The van der Waals surface area contributed by atoms with Crippen LogP contribution in [0.5, 0.6) is 0 Å². The topological polar surface area (TPSA) is 54.0 Å². The van der Waals surface area contributed by atoms with Crippen LogP contribution >= 0.6 is 0 Å². The van der Waals surface area contributed by atoms with Gasteiger partial charge < -0.3 is 9.72 Å². The number of imidazole rings is 1. The molecule has 5 nitrogen and oxygen atoms in total. The molecule has 5 heteroatoms. The predicted molar refractivity (Wildman–Crippen MR) is 88.5 cm³/mol. The molecular weight excluding hydrogens is 274 g/mol. The molecular formula is C17H15N5. The van der Waals surface area contributed by atoms with Crippen LogP contribution in [-0.2, 0) is 0 Å². The molecule has 0 unspecified atom stereocenters. The largest absolute Gasteiger partial charge is 0.353 e. The van der Waals surface area contributed by atoms with E-state index in [0.717, 1.165) is 35.6 Å². The van der Waals surface area contributed by atoms with Crippen molar-refractivity contribution in [2.24, 2.45) is 9.98 Å². The second kappa shape index (κ2) is 5.44. The lowest BCUT2D eigenvalue weighted by Gasteiger charge is -1.98. The molecule has 0 atom stereocenters. The number of rotatable bonds is 2. The monoisotopic (exact) mass is 289 g/mol. The Labute approximate surface area is 128 Å². The van der Waals surface area contributed by atoms with Crippen LogP contribution in [0.1, 0.15) is 5.56 Å². The molecule has 1 aliphatic rings. The Balaban J connectivity index is 1.58. The summed E-state index contributed by atoms with van der Waals surface area (Å²) in [5, 5.41) is 3.12. The van der Waals surface area contributed by atoms with Gasteiger partial charge in [0.2, 0.25) is 5.96 Å². The first-order chi connectivity index (χ1) is 10.9. The van der Waals surface area contributed by atoms with Gasteiger partial charge in [-0.15, -0.1) is 0 Å². The summed E-state index contributed by atoms with van der Waals surface area (Å²) in [7, 11) is 0. The van der Waals surface area contributed by atoms with Gasteiger partial charge in [0.25, 0.3) is 0 Å². The Morgan fingerprint density at radius 2 is 2.05 bits per heavy atom. The minimum Gasteiger partial charge on any atom is -0.353 e. The van der Waals surface area contributed by atoms with E-state index in [1.807, 2.05) is 53.3 Å². The lowest BCUT2D eigenvalue weighted by Crippen LogP contribution is -2.16. The van der Waals surface area contributed by atoms with Crippen LogP contribution in [0.15, 0.2) is 64.8 Å². The molecule has 0 aliphatic carbocycles. The molecule has 0 fully saturated rings. The molecule has 1 aliphatic heterocycles. The van der Waals surface area contributed by atoms with Gasteiger partial charge in [0.05, 0.1) is 12.2 Å². The fourth-order valence-electron chi connectivity index (χ4n) is 2.42. The van der Waals surface area contributed by atoms with Gasteiger partial charge in [0.15, 0.2) is 0 Å². The molecule has 1 aromatic carbocycles. The Bertz CT molecular complexity index is 825. The maximum Gasteiger partial charge on any atom is 0.218 e. The smallest absolute Gasteiger partial charge is 0.218 e. The van der Waals surface area contributed by atoms with Crippen molar-refractivity contribution >= 4 is 17.8 Å². The molecule has 108 valence electrons. The van der Waals surface area contributed by atoms with Crippen molar-refractivity contribution in [1.82, 2.24) is 14.7 Å². The predicted octanol–water partition coefficient (Wildman–Crippen LogP) is 2.38. The zero-order valence-electron chi connectivity index (χ0n) is 12.0. The summed E-state index contributed by atoms with van der Waals surface area (Å²) in [4.78, 5) is 13.2. The second-order valence-electron chi connectivity index (χ2n) is 5.10. The average Bonchev–Trinajstić information content (AvgIpc) is 3.22. The number of benzene rings is 1. The van der Waals surface area contributed by atoms with E-state index in [-0.39, 0.29) is 0 Å². The molecule has 0 saturated carbocycles. The molecule has 0 bridgehead atoms. The van der Waals surface area contributed by atoms with Crippen LogP contribution in [-0.4, -0.2) is 34.6 Å². The van der Waals surface area contributed by atoms with Crippen LogP contribution in [0.2, 0.25) is 0 Å². The summed E-state index contributed by atoms with van der Waals surface area (Å²) in [6.45, 7) is 1.68. The number of pyridine rings is 1. The number of nitrogens with one attached hydrogen (secondary N) is 1. The third kappa shape index (κ3) is 2.48. The zero-order valence-corrected chi connectivity index (χ0v) is 12.0. The summed E-state index contributed by atoms with van der Waals surface area (Å²) in [6, 6.07) is 14.2. The lowest BCUT2D eigenvalue weighted by atomic mass is 10.1. The van der Waals surface area contributed by atoms with E-state index in [4.69, 9.17) is 0 Å². The van der Waals surface area contributed by atoms with Crippen molar-refractivity contribution in [3.63, 3.8) is 0 Å². The van der Waals surface area contributed by atoms with Gasteiger partial charge in [0, 0.05) is 30.7 Å². The lowest BCUT2D eigenvalue weighted by molar-refractivity contribution is 0.957. The van der Waals surface area contributed by atoms with Gasteiger partial charge in [-0.1, -0.05) is 30.3 Å². The van der Waals surface area contributed by atoms with E-state index >= 15 is 0 Å². The fraction of sp³-hybridized carbons (Fsp3) is 0.118. The second-order valence-corrected chi connectivity index (χ2v) is 5.10. The van der Waals surface area contributed by atoms with Crippen molar-refractivity contribution in [1.29, 1.82) is 0 Å². The maximum absolute atomic E-state index is 4.62. The molecule has 3 aromatic rings. The molecule has 3 heterocycles. The molecule has 0 saturated heterocycles. The molecule has 1 N–H and O–H groups in total. The molecule has 0 amide bonds. The van der Waals surface area contributed by atoms with E-state index in [9.17, 15) is 0 Å². The third-order valence-electron chi connectivity index (χ3n) is 3.56. The van der Waals surface area contributed by atoms with Gasteiger partial charge in [-0.25, -0.2) is 15.0 Å². The highest BCUT2D eigenvalue weighted by atomic mass is 15.2. The first-order valence-corrected chi connectivity index (χ1v) is 7.25. The fourth-order valence-corrected chi connectivity index (χ4v) is 2.42. The number of aromatic nitrogens is 2.